The van der Waals surface area contributed by atoms with Gasteiger partial charge in [-0.15, -0.1) is 11.3 Å². The van der Waals surface area contributed by atoms with Crippen LogP contribution in [0.5, 0.6) is 0 Å². The van der Waals surface area contributed by atoms with Crippen LogP contribution < -0.4 is 15.5 Å². The van der Waals surface area contributed by atoms with E-state index in [2.05, 4.69) is 31.9 Å². The lowest BCUT2D eigenvalue weighted by Crippen LogP contribution is -2.52. The van der Waals surface area contributed by atoms with E-state index in [4.69, 9.17) is 0 Å². The van der Waals surface area contributed by atoms with Gasteiger partial charge in [0.15, 0.2) is 0 Å². The Kier molecular flexibility index (Phi) is 6.84. The molecule has 0 radical (unpaired) electrons. The number of nitrogens with zero attached hydrogens (tertiary/aromatic N) is 2. The topological polar surface area (TPSA) is 47.6 Å². The Morgan fingerprint density at radius 1 is 0.968 bits per heavy atom. The van der Waals surface area contributed by atoms with Gasteiger partial charge in [0.1, 0.15) is 5.82 Å². The molecule has 2 heterocycles. The second kappa shape index (κ2) is 9.94. The van der Waals surface area contributed by atoms with E-state index in [-0.39, 0.29) is 23.9 Å². The maximum atomic E-state index is 14.2. The number of hydrogen-bond donors (Lipinski definition) is 2. The number of piperazine rings is 1. The Morgan fingerprint density at radius 2 is 1.68 bits per heavy atom. The fraction of sp³-hybridized carbons (Fsp3) is 0.292. The van der Waals surface area contributed by atoms with E-state index in [1.54, 1.807) is 17.4 Å². The van der Waals surface area contributed by atoms with E-state index >= 15 is 0 Å². The van der Waals surface area contributed by atoms with Crippen molar-refractivity contribution in [2.45, 2.75) is 19.0 Å². The number of carbonyl (C=O) groups is 1. The number of hydrogen-bond acceptors (Lipinski definition) is 4. The molecule has 1 aliphatic heterocycles. The van der Waals surface area contributed by atoms with Gasteiger partial charge in [0.25, 0.3) is 0 Å². The number of carbonyl (C=O) groups excluding carboxylic acids is 1. The lowest BCUT2D eigenvalue weighted by Gasteiger charge is -2.42. The first kappa shape index (κ1) is 21.3. The molecule has 1 saturated heterocycles. The van der Waals surface area contributed by atoms with Crippen molar-refractivity contribution >= 4 is 28.7 Å². The predicted molar refractivity (Wildman–Crippen MR) is 125 cm³/mol. The minimum Gasteiger partial charge on any atom is -0.367 e. The van der Waals surface area contributed by atoms with Crippen molar-refractivity contribution in [2.24, 2.45) is 0 Å². The number of para-hydroxylation sites is 2. The molecule has 1 aliphatic rings. The molecule has 3 aromatic rings. The highest BCUT2D eigenvalue weighted by molar-refractivity contribution is 7.10. The van der Waals surface area contributed by atoms with Crippen LogP contribution in [-0.4, -0.2) is 43.2 Å². The number of nitrogens with one attached hydrogen (secondary N) is 2. The molecule has 2 N–H and O–H groups in total. The molecule has 2 aromatic carbocycles. The lowest BCUT2D eigenvalue weighted by atomic mass is 10.0. The number of benzene rings is 2. The van der Waals surface area contributed by atoms with Crippen LogP contribution in [0.15, 0.2) is 72.1 Å². The number of amides is 2. The average Bonchev–Trinajstić information content (AvgIpc) is 3.30. The molecule has 0 aliphatic carbocycles. The van der Waals surface area contributed by atoms with Gasteiger partial charge >= 0.3 is 6.03 Å². The molecule has 2 atom stereocenters. The Labute approximate surface area is 186 Å². The maximum absolute atomic E-state index is 14.2. The van der Waals surface area contributed by atoms with Gasteiger partial charge in [0.2, 0.25) is 0 Å². The SMILES string of the molecule is C[C@H](NC(=O)Nc1ccccc1)[C@H](c1cccs1)N1CCN(c2ccccc2F)CC1. The summed E-state index contributed by atoms with van der Waals surface area (Å²) in [5, 5.41) is 8.07. The monoisotopic (exact) mass is 438 g/mol. The van der Waals surface area contributed by atoms with E-state index in [0.717, 1.165) is 31.9 Å². The maximum Gasteiger partial charge on any atom is 0.319 e. The van der Waals surface area contributed by atoms with Crippen molar-refractivity contribution in [1.82, 2.24) is 10.2 Å². The zero-order valence-electron chi connectivity index (χ0n) is 17.5. The molecule has 1 aromatic heterocycles. The van der Waals surface area contributed by atoms with Crippen molar-refractivity contribution in [3.05, 3.63) is 82.8 Å². The molecule has 0 bridgehead atoms. The third kappa shape index (κ3) is 5.24. The Bertz CT molecular complexity index is 974. The van der Waals surface area contributed by atoms with Crippen LogP contribution in [0, 0.1) is 5.82 Å². The summed E-state index contributed by atoms with van der Waals surface area (Å²) in [5.41, 5.74) is 1.42. The quantitative estimate of drug-likeness (QED) is 0.572. The summed E-state index contributed by atoms with van der Waals surface area (Å²) in [4.78, 5) is 18.3. The first-order valence-corrected chi connectivity index (χ1v) is 11.4. The van der Waals surface area contributed by atoms with E-state index in [1.807, 2.05) is 55.5 Å². The highest BCUT2D eigenvalue weighted by Crippen LogP contribution is 2.30. The molecule has 0 saturated carbocycles. The standard InChI is InChI=1S/C24H27FN4OS/c1-18(26-24(30)27-19-8-3-2-4-9-19)23(22-12-7-17-31-22)29-15-13-28(14-16-29)21-11-6-5-10-20(21)25/h2-12,17-18,23H,13-16H2,1H3,(H2,26,27,30)/t18-,23+/m0/s1. The molecule has 2 amide bonds. The lowest BCUT2D eigenvalue weighted by molar-refractivity contribution is 0.157. The number of anilines is 2. The average molecular weight is 439 g/mol. The van der Waals surface area contributed by atoms with Crippen LogP contribution in [0.1, 0.15) is 17.8 Å². The number of thiophene rings is 1. The normalized spacial score (nSPS) is 16.5. The second-order valence-corrected chi connectivity index (χ2v) is 8.67. The van der Waals surface area contributed by atoms with Crippen molar-refractivity contribution in [2.75, 3.05) is 36.4 Å². The van der Waals surface area contributed by atoms with Crippen LogP contribution in [0.3, 0.4) is 0 Å². The van der Waals surface area contributed by atoms with Gasteiger partial charge < -0.3 is 15.5 Å². The molecule has 7 heteroatoms. The van der Waals surface area contributed by atoms with Gasteiger partial charge in [0, 0.05) is 42.8 Å². The van der Waals surface area contributed by atoms with Crippen molar-refractivity contribution in [1.29, 1.82) is 0 Å². The van der Waals surface area contributed by atoms with Crippen LogP contribution >= 0.6 is 11.3 Å². The minimum atomic E-state index is -0.217. The highest BCUT2D eigenvalue weighted by Gasteiger charge is 2.31. The predicted octanol–water partition coefficient (Wildman–Crippen LogP) is 4.96. The van der Waals surface area contributed by atoms with Crippen LogP contribution in [0.25, 0.3) is 0 Å². The number of halogens is 1. The second-order valence-electron chi connectivity index (χ2n) is 7.69. The minimum absolute atomic E-state index is 0.0595. The fourth-order valence-corrected chi connectivity index (χ4v) is 5.09. The van der Waals surface area contributed by atoms with Gasteiger partial charge in [-0.2, -0.15) is 0 Å². The smallest absolute Gasteiger partial charge is 0.319 e. The molecule has 5 nitrogen and oxygen atoms in total. The summed E-state index contributed by atoms with van der Waals surface area (Å²) in [6.45, 7) is 5.11. The Morgan fingerprint density at radius 3 is 2.35 bits per heavy atom. The molecule has 162 valence electrons. The van der Waals surface area contributed by atoms with E-state index in [0.29, 0.717) is 5.69 Å². The Balaban J connectivity index is 1.42. The fourth-order valence-electron chi connectivity index (χ4n) is 4.13. The van der Waals surface area contributed by atoms with Crippen LogP contribution in [0.2, 0.25) is 0 Å². The van der Waals surface area contributed by atoms with Crippen LogP contribution in [0.4, 0.5) is 20.6 Å². The largest absolute Gasteiger partial charge is 0.367 e. The van der Waals surface area contributed by atoms with E-state index < -0.39 is 0 Å². The summed E-state index contributed by atoms with van der Waals surface area (Å²) in [7, 11) is 0. The van der Waals surface area contributed by atoms with Gasteiger partial charge in [0.05, 0.1) is 11.7 Å². The number of urea groups is 1. The Hall–Kier alpha value is -2.90. The summed E-state index contributed by atoms with van der Waals surface area (Å²) in [5.74, 6) is -0.182. The first-order valence-electron chi connectivity index (χ1n) is 10.5. The molecular weight excluding hydrogens is 411 g/mol. The summed E-state index contributed by atoms with van der Waals surface area (Å²) >= 11 is 1.70. The third-order valence-electron chi connectivity index (χ3n) is 5.60. The highest BCUT2D eigenvalue weighted by atomic mass is 32.1. The molecule has 0 unspecified atom stereocenters. The van der Waals surface area contributed by atoms with E-state index in [1.165, 1.54) is 10.9 Å². The molecular formula is C24H27FN4OS. The summed E-state index contributed by atoms with van der Waals surface area (Å²) in [6.07, 6.45) is 0. The molecule has 1 fully saturated rings. The summed E-state index contributed by atoms with van der Waals surface area (Å²) < 4.78 is 14.2. The van der Waals surface area contributed by atoms with Crippen molar-refractivity contribution in [3.63, 3.8) is 0 Å². The zero-order chi connectivity index (χ0) is 21.6. The van der Waals surface area contributed by atoms with Gasteiger partial charge in [-0.1, -0.05) is 36.4 Å². The van der Waals surface area contributed by atoms with Gasteiger partial charge in [-0.3, -0.25) is 4.90 Å². The molecule has 0 spiro atoms. The molecule has 4 rings (SSSR count). The first-order chi connectivity index (χ1) is 15.1. The van der Waals surface area contributed by atoms with Crippen molar-refractivity contribution in [3.8, 4) is 0 Å². The van der Waals surface area contributed by atoms with Gasteiger partial charge in [-0.25, -0.2) is 9.18 Å². The van der Waals surface area contributed by atoms with Gasteiger partial charge in [-0.05, 0) is 42.6 Å². The van der Waals surface area contributed by atoms with E-state index in [9.17, 15) is 9.18 Å². The van der Waals surface area contributed by atoms with Crippen molar-refractivity contribution < 1.29 is 9.18 Å². The zero-order valence-corrected chi connectivity index (χ0v) is 18.3. The third-order valence-corrected chi connectivity index (χ3v) is 6.54. The molecule has 31 heavy (non-hydrogen) atoms. The summed E-state index contributed by atoms with van der Waals surface area (Å²) in [6, 6.07) is 20.3. The number of rotatable bonds is 6. The van der Waals surface area contributed by atoms with Crippen LogP contribution in [-0.2, 0) is 0 Å².